The van der Waals surface area contributed by atoms with Gasteiger partial charge in [0.2, 0.25) is 0 Å². The van der Waals surface area contributed by atoms with E-state index in [0.717, 1.165) is 23.7 Å². The number of pyridine rings is 1. The normalized spacial score (nSPS) is 14.6. The molecular weight excluding hydrogens is 216 g/mol. The Bertz CT molecular complexity index is 608. The number of hydrogen-bond acceptors (Lipinski definition) is 3. The molecule has 86 valence electrons. The Labute approximate surface area is 98.4 Å². The molecule has 0 unspecified atom stereocenters. The van der Waals surface area contributed by atoms with Gasteiger partial charge in [-0.3, -0.25) is 10.1 Å². The minimum Gasteiger partial charge on any atom is -0.258 e. The molecular formula is C13H12N2O2. The Morgan fingerprint density at radius 3 is 2.53 bits per heavy atom. The van der Waals surface area contributed by atoms with Crippen molar-refractivity contribution in [1.82, 2.24) is 4.98 Å². The molecule has 0 spiro atoms. The standard InChI is InChI=1S/C13H12N2O2/c16-15(17)12-6-11-5-9-3-1-2-4-10(9)7-13(11)14-8-12/h5-8H,1-4H2. The molecule has 0 saturated carbocycles. The molecule has 1 aromatic carbocycles. The van der Waals surface area contributed by atoms with Crippen molar-refractivity contribution >= 4 is 16.6 Å². The van der Waals surface area contributed by atoms with Gasteiger partial charge in [-0.15, -0.1) is 0 Å². The van der Waals surface area contributed by atoms with Crippen LogP contribution in [-0.2, 0) is 12.8 Å². The monoisotopic (exact) mass is 228 g/mol. The zero-order valence-electron chi connectivity index (χ0n) is 9.35. The molecule has 1 aliphatic rings. The van der Waals surface area contributed by atoms with Crippen molar-refractivity contribution in [2.24, 2.45) is 0 Å². The molecule has 0 aliphatic heterocycles. The van der Waals surface area contributed by atoms with E-state index in [-0.39, 0.29) is 5.69 Å². The number of hydrogen-bond donors (Lipinski definition) is 0. The summed E-state index contributed by atoms with van der Waals surface area (Å²) < 4.78 is 0. The van der Waals surface area contributed by atoms with Gasteiger partial charge < -0.3 is 0 Å². The zero-order chi connectivity index (χ0) is 11.8. The summed E-state index contributed by atoms with van der Waals surface area (Å²) in [6.45, 7) is 0. The van der Waals surface area contributed by atoms with Crippen molar-refractivity contribution in [3.63, 3.8) is 0 Å². The first kappa shape index (κ1) is 10.2. The van der Waals surface area contributed by atoms with Gasteiger partial charge in [-0.2, -0.15) is 0 Å². The van der Waals surface area contributed by atoms with E-state index in [0.29, 0.717) is 0 Å². The van der Waals surface area contributed by atoms with Crippen LogP contribution in [0.25, 0.3) is 10.9 Å². The minimum atomic E-state index is -0.397. The predicted octanol–water partition coefficient (Wildman–Crippen LogP) is 3.02. The number of aryl methyl sites for hydroxylation is 2. The summed E-state index contributed by atoms with van der Waals surface area (Å²) in [4.78, 5) is 14.5. The summed E-state index contributed by atoms with van der Waals surface area (Å²) in [6, 6.07) is 5.74. The first-order valence-corrected chi connectivity index (χ1v) is 5.80. The third kappa shape index (κ3) is 1.75. The van der Waals surface area contributed by atoms with Crippen LogP contribution in [0.3, 0.4) is 0 Å². The van der Waals surface area contributed by atoms with Crippen LogP contribution in [0, 0.1) is 10.1 Å². The lowest BCUT2D eigenvalue weighted by Crippen LogP contribution is -2.02. The van der Waals surface area contributed by atoms with E-state index < -0.39 is 4.92 Å². The molecule has 17 heavy (non-hydrogen) atoms. The van der Waals surface area contributed by atoms with E-state index in [1.807, 2.05) is 0 Å². The van der Waals surface area contributed by atoms with Crippen LogP contribution >= 0.6 is 0 Å². The Morgan fingerprint density at radius 1 is 1.12 bits per heavy atom. The van der Waals surface area contributed by atoms with Crippen molar-refractivity contribution in [2.45, 2.75) is 25.7 Å². The highest BCUT2D eigenvalue weighted by atomic mass is 16.6. The molecule has 4 heteroatoms. The topological polar surface area (TPSA) is 56.0 Å². The maximum atomic E-state index is 10.7. The minimum absolute atomic E-state index is 0.0632. The number of rotatable bonds is 1. The third-order valence-electron chi connectivity index (χ3n) is 3.34. The van der Waals surface area contributed by atoms with Gasteiger partial charge in [0.1, 0.15) is 6.20 Å². The highest BCUT2D eigenvalue weighted by Gasteiger charge is 2.13. The van der Waals surface area contributed by atoms with Crippen LogP contribution in [0.4, 0.5) is 5.69 Å². The lowest BCUT2D eigenvalue weighted by atomic mass is 9.90. The van der Waals surface area contributed by atoms with Crippen LogP contribution in [0.5, 0.6) is 0 Å². The fourth-order valence-electron chi connectivity index (χ4n) is 2.45. The molecule has 4 nitrogen and oxygen atoms in total. The summed E-state index contributed by atoms with van der Waals surface area (Å²) in [5, 5.41) is 11.6. The fourth-order valence-corrected chi connectivity index (χ4v) is 2.45. The van der Waals surface area contributed by atoms with Crippen LogP contribution in [-0.4, -0.2) is 9.91 Å². The summed E-state index contributed by atoms with van der Waals surface area (Å²) in [6.07, 6.45) is 5.95. The summed E-state index contributed by atoms with van der Waals surface area (Å²) in [5.41, 5.74) is 3.60. The second-order valence-corrected chi connectivity index (χ2v) is 4.47. The van der Waals surface area contributed by atoms with Crippen molar-refractivity contribution in [2.75, 3.05) is 0 Å². The second kappa shape index (κ2) is 3.80. The fraction of sp³-hybridized carbons (Fsp3) is 0.308. The molecule has 0 fully saturated rings. The van der Waals surface area contributed by atoms with Crippen molar-refractivity contribution < 1.29 is 4.92 Å². The number of nitrogens with zero attached hydrogens (tertiary/aromatic N) is 2. The van der Waals surface area contributed by atoms with Gasteiger partial charge in [0.15, 0.2) is 0 Å². The highest BCUT2D eigenvalue weighted by molar-refractivity contribution is 5.82. The Hall–Kier alpha value is -1.97. The summed E-state index contributed by atoms with van der Waals surface area (Å²) in [5.74, 6) is 0. The molecule has 2 aromatic rings. The van der Waals surface area contributed by atoms with Gasteiger partial charge in [0, 0.05) is 11.5 Å². The van der Waals surface area contributed by atoms with Gasteiger partial charge >= 0.3 is 0 Å². The lowest BCUT2D eigenvalue weighted by Gasteiger charge is -2.15. The van der Waals surface area contributed by atoms with Crippen LogP contribution in [0.2, 0.25) is 0 Å². The Morgan fingerprint density at radius 2 is 1.82 bits per heavy atom. The summed E-state index contributed by atoms with van der Waals surface area (Å²) >= 11 is 0. The van der Waals surface area contributed by atoms with Crippen molar-refractivity contribution in [1.29, 1.82) is 0 Å². The number of nitro groups is 1. The van der Waals surface area contributed by atoms with Crippen molar-refractivity contribution in [3.8, 4) is 0 Å². The largest absolute Gasteiger partial charge is 0.288 e. The third-order valence-corrected chi connectivity index (χ3v) is 3.34. The maximum absolute atomic E-state index is 10.7. The number of aromatic nitrogens is 1. The smallest absolute Gasteiger partial charge is 0.258 e. The Balaban J connectivity index is 2.20. The average molecular weight is 228 g/mol. The second-order valence-electron chi connectivity index (χ2n) is 4.47. The quantitative estimate of drug-likeness (QED) is 0.556. The van der Waals surface area contributed by atoms with Gasteiger partial charge in [-0.1, -0.05) is 0 Å². The van der Waals surface area contributed by atoms with E-state index in [1.165, 1.54) is 30.2 Å². The zero-order valence-corrected chi connectivity index (χ0v) is 9.35. The molecule has 0 bridgehead atoms. The SMILES string of the molecule is O=[N+]([O-])c1cnc2cc3c(cc2c1)CCCC3. The molecule has 3 rings (SSSR count). The van der Waals surface area contributed by atoms with Gasteiger partial charge in [-0.25, -0.2) is 4.98 Å². The average Bonchev–Trinajstić information content (AvgIpc) is 2.35. The molecule has 0 N–H and O–H groups in total. The summed E-state index contributed by atoms with van der Waals surface area (Å²) in [7, 11) is 0. The van der Waals surface area contributed by atoms with Gasteiger partial charge in [-0.05, 0) is 48.9 Å². The van der Waals surface area contributed by atoms with E-state index in [1.54, 1.807) is 6.07 Å². The van der Waals surface area contributed by atoms with E-state index >= 15 is 0 Å². The van der Waals surface area contributed by atoms with Crippen molar-refractivity contribution in [3.05, 3.63) is 45.6 Å². The first-order valence-electron chi connectivity index (χ1n) is 5.80. The van der Waals surface area contributed by atoms with E-state index in [2.05, 4.69) is 17.1 Å². The molecule has 0 saturated heterocycles. The molecule has 1 aliphatic carbocycles. The molecule has 0 atom stereocenters. The predicted molar refractivity (Wildman–Crippen MR) is 65.0 cm³/mol. The first-order chi connectivity index (χ1) is 8.24. The molecule has 0 radical (unpaired) electrons. The molecule has 1 aromatic heterocycles. The maximum Gasteiger partial charge on any atom is 0.288 e. The van der Waals surface area contributed by atoms with Gasteiger partial charge in [0.05, 0.1) is 10.4 Å². The van der Waals surface area contributed by atoms with E-state index in [9.17, 15) is 10.1 Å². The molecule has 0 amide bonds. The van der Waals surface area contributed by atoms with Gasteiger partial charge in [0.25, 0.3) is 5.69 Å². The van der Waals surface area contributed by atoms with E-state index in [4.69, 9.17) is 0 Å². The van der Waals surface area contributed by atoms with Crippen LogP contribution in [0.1, 0.15) is 24.0 Å². The lowest BCUT2D eigenvalue weighted by molar-refractivity contribution is -0.385. The van der Waals surface area contributed by atoms with Crippen LogP contribution in [0.15, 0.2) is 24.4 Å². The number of fused-ring (bicyclic) bond motifs is 2. The highest BCUT2D eigenvalue weighted by Crippen LogP contribution is 2.27. The Kier molecular flexibility index (Phi) is 2.28. The number of benzene rings is 1. The molecule has 1 heterocycles. The van der Waals surface area contributed by atoms with Crippen LogP contribution < -0.4 is 0 Å².